The lowest BCUT2D eigenvalue weighted by Gasteiger charge is -2.07. The highest BCUT2D eigenvalue weighted by Gasteiger charge is 2.05. The van der Waals surface area contributed by atoms with Crippen molar-refractivity contribution in [2.45, 2.75) is 32.6 Å². The molecule has 0 atom stereocenters. The van der Waals surface area contributed by atoms with E-state index >= 15 is 0 Å². The van der Waals surface area contributed by atoms with Crippen LogP contribution in [0, 0.1) is 11.3 Å². The maximum Gasteiger partial charge on any atom is 0.0998 e. The molecular formula is C18H19N. The average Bonchev–Trinajstić information content (AvgIpc) is 2.48. The van der Waals surface area contributed by atoms with Crippen molar-refractivity contribution in [3.63, 3.8) is 0 Å². The zero-order chi connectivity index (χ0) is 13.5. The Balaban J connectivity index is 2.25. The number of hydrogen-bond donors (Lipinski definition) is 0. The summed E-state index contributed by atoms with van der Waals surface area (Å²) in [6.45, 7) is 2.21. The summed E-state index contributed by atoms with van der Waals surface area (Å²) in [5, 5.41) is 9.33. The third-order valence-corrected chi connectivity index (χ3v) is 3.36. The van der Waals surface area contributed by atoms with Crippen molar-refractivity contribution in [2.24, 2.45) is 0 Å². The van der Waals surface area contributed by atoms with E-state index in [9.17, 15) is 5.26 Å². The number of unbranched alkanes of at least 4 members (excludes halogenated alkanes) is 2. The van der Waals surface area contributed by atoms with E-state index < -0.39 is 0 Å². The van der Waals surface area contributed by atoms with E-state index in [4.69, 9.17) is 0 Å². The second-order valence-electron chi connectivity index (χ2n) is 4.81. The third-order valence-electron chi connectivity index (χ3n) is 3.36. The molecule has 0 aliphatic heterocycles. The van der Waals surface area contributed by atoms with Crippen molar-refractivity contribution >= 4 is 0 Å². The van der Waals surface area contributed by atoms with Gasteiger partial charge in [-0.25, -0.2) is 0 Å². The van der Waals surface area contributed by atoms with Crippen molar-refractivity contribution in [1.82, 2.24) is 0 Å². The molecule has 2 rings (SSSR count). The second kappa shape index (κ2) is 6.75. The van der Waals surface area contributed by atoms with Gasteiger partial charge >= 0.3 is 0 Å². The molecule has 2 aromatic carbocycles. The summed E-state index contributed by atoms with van der Waals surface area (Å²) in [5.74, 6) is 0. The molecule has 0 spiro atoms. The lowest BCUT2D eigenvalue weighted by atomic mass is 9.96. The highest BCUT2D eigenvalue weighted by molar-refractivity contribution is 5.70. The first-order valence-corrected chi connectivity index (χ1v) is 6.93. The number of aryl methyl sites for hydroxylation is 1. The average molecular weight is 249 g/mol. The van der Waals surface area contributed by atoms with Crippen LogP contribution in [0.25, 0.3) is 11.1 Å². The Hall–Kier alpha value is -2.07. The van der Waals surface area contributed by atoms with Crippen LogP contribution in [-0.4, -0.2) is 0 Å². The van der Waals surface area contributed by atoms with E-state index in [1.807, 2.05) is 36.4 Å². The molecule has 0 aromatic heterocycles. The minimum atomic E-state index is 0.778. The largest absolute Gasteiger partial charge is 0.192 e. The van der Waals surface area contributed by atoms with Crippen molar-refractivity contribution in [3.8, 4) is 17.2 Å². The van der Waals surface area contributed by atoms with Crippen LogP contribution in [0.1, 0.15) is 37.3 Å². The van der Waals surface area contributed by atoms with Crippen molar-refractivity contribution in [1.29, 1.82) is 5.26 Å². The molecule has 0 amide bonds. The molecule has 0 N–H and O–H groups in total. The third kappa shape index (κ3) is 3.45. The number of hydrogen-bond acceptors (Lipinski definition) is 1. The first kappa shape index (κ1) is 13.4. The van der Waals surface area contributed by atoms with Gasteiger partial charge in [-0.1, -0.05) is 62.2 Å². The summed E-state index contributed by atoms with van der Waals surface area (Å²) in [7, 11) is 0. The first-order valence-electron chi connectivity index (χ1n) is 6.93. The minimum Gasteiger partial charge on any atom is -0.192 e. The first-order chi connectivity index (χ1) is 9.35. The summed E-state index contributed by atoms with van der Waals surface area (Å²) < 4.78 is 0. The smallest absolute Gasteiger partial charge is 0.0998 e. The zero-order valence-electron chi connectivity index (χ0n) is 11.4. The molecule has 1 heteroatoms. The van der Waals surface area contributed by atoms with Gasteiger partial charge in [0.25, 0.3) is 0 Å². The van der Waals surface area contributed by atoms with Gasteiger partial charge in [0.05, 0.1) is 11.6 Å². The fourth-order valence-electron chi connectivity index (χ4n) is 2.29. The van der Waals surface area contributed by atoms with Gasteiger partial charge in [-0.2, -0.15) is 5.26 Å². The normalized spacial score (nSPS) is 10.1. The van der Waals surface area contributed by atoms with Crippen LogP contribution >= 0.6 is 0 Å². The van der Waals surface area contributed by atoms with E-state index in [0.29, 0.717) is 0 Å². The zero-order valence-corrected chi connectivity index (χ0v) is 11.4. The van der Waals surface area contributed by atoms with Crippen LogP contribution < -0.4 is 0 Å². The maximum absolute atomic E-state index is 9.33. The van der Waals surface area contributed by atoms with Crippen LogP contribution in [0.2, 0.25) is 0 Å². The molecule has 96 valence electrons. The fraction of sp³-hybridized carbons (Fsp3) is 0.278. The Morgan fingerprint density at radius 1 is 1.00 bits per heavy atom. The molecule has 0 radical (unpaired) electrons. The summed E-state index contributed by atoms with van der Waals surface area (Å²) in [5.41, 5.74) is 4.19. The lowest BCUT2D eigenvalue weighted by molar-refractivity contribution is 0.717. The number of rotatable bonds is 5. The van der Waals surface area contributed by atoms with Crippen molar-refractivity contribution < 1.29 is 0 Å². The summed E-state index contributed by atoms with van der Waals surface area (Å²) in [6.07, 6.45) is 4.75. The van der Waals surface area contributed by atoms with Crippen molar-refractivity contribution in [2.75, 3.05) is 0 Å². The van der Waals surface area contributed by atoms with Crippen LogP contribution in [-0.2, 0) is 6.42 Å². The molecule has 1 nitrogen and oxygen atoms in total. The maximum atomic E-state index is 9.33. The van der Waals surface area contributed by atoms with E-state index in [2.05, 4.69) is 25.1 Å². The molecule has 0 saturated carbocycles. The number of nitriles is 1. The van der Waals surface area contributed by atoms with Gasteiger partial charge in [0.15, 0.2) is 0 Å². The summed E-state index contributed by atoms with van der Waals surface area (Å²) >= 11 is 0. The van der Waals surface area contributed by atoms with Gasteiger partial charge in [-0.05, 0) is 35.6 Å². The molecule has 19 heavy (non-hydrogen) atoms. The molecule has 0 fully saturated rings. The molecule has 0 unspecified atom stereocenters. The van der Waals surface area contributed by atoms with Crippen LogP contribution in [0.15, 0.2) is 48.5 Å². The van der Waals surface area contributed by atoms with E-state index in [1.165, 1.54) is 24.8 Å². The van der Waals surface area contributed by atoms with E-state index in [-0.39, 0.29) is 0 Å². The monoisotopic (exact) mass is 249 g/mol. The highest BCUT2D eigenvalue weighted by Crippen LogP contribution is 2.24. The standard InChI is InChI=1S/C18H19N/c1-2-3-5-8-15-11-12-18(17(13-15)14-19)16-9-6-4-7-10-16/h4,6-7,9-13H,2-3,5,8H2,1H3. The second-order valence-corrected chi connectivity index (χ2v) is 4.81. The SMILES string of the molecule is CCCCCc1ccc(-c2ccccc2)c(C#N)c1. The van der Waals surface area contributed by atoms with Gasteiger partial charge in [-0.15, -0.1) is 0 Å². The van der Waals surface area contributed by atoms with Gasteiger partial charge in [0.2, 0.25) is 0 Å². The van der Waals surface area contributed by atoms with Crippen LogP contribution in [0.3, 0.4) is 0 Å². The lowest BCUT2D eigenvalue weighted by Crippen LogP contribution is -1.90. The summed E-state index contributed by atoms with van der Waals surface area (Å²) in [6, 6.07) is 18.7. The molecule has 0 aliphatic carbocycles. The Kier molecular flexibility index (Phi) is 4.75. The molecule has 0 aliphatic rings. The number of benzene rings is 2. The molecule has 0 saturated heterocycles. The fourth-order valence-corrected chi connectivity index (χ4v) is 2.29. The van der Waals surface area contributed by atoms with Crippen LogP contribution in [0.4, 0.5) is 0 Å². The molecule has 0 heterocycles. The van der Waals surface area contributed by atoms with Gasteiger partial charge in [0.1, 0.15) is 0 Å². The van der Waals surface area contributed by atoms with Crippen molar-refractivity contribution in [3.05, 3.63) is 59.7 Å². The molecule has 2 aromatic rings. The highest BCUT2D eigenvalue weighted by atomic mass is 14.2. The van der Waals surface area contributed by atoms with E-state index in [0.717, 1.165) is 23.1 Å². The summed E-state index contributed by atoms with van der Waals surface area (Å²) in [4.78, 5) is 0. The predicted molar refractivity (Wildman–Crippen MR) is 79.8 cm³/mol. The molecular weight excluding hydrogens is 230 g/mol. The van der Waals surface area contributed by atoms with E-state index in [1.54, 1.807) is 0 Å². The van der Waals surface area contributed by atoms with Crippen LogP contribution in [0.5, 0.6) is 0 Å². The Bertz CT molecular complexity index is 564. The Labute approximate surface area is 115 Å². The van der Waals surface area contributed by atoms with Gasteiger partial charge in [0, 0.05) is 0 Å². The minimum absolute atomic E-state index is 0.778. The Morgan fingerprint density at radius 2 is 1.79 bits per heavy atom. The Morgan fingerprint density at radius 3 is 2.47 bits per heavy atom. The quantitative estimate of drug-likeness (QED) is 0.687. The van der Waals surface area contributed by atoms with Gasteiger partial charge < -0.3 is 0 Å². The predicted octanol–water partition coefficient (Wildman–Crippen LogP) is 4.96. The topological polar surface area (TPSA) is 23.8 Å². The number of nitrogens with zero attached hydrogens (tertiary/aromatic N) is 1. The van der Waals surface area contributed by atoms with Gasteiger partial charge in [-0.3, -0.25) is 0 Å². The molecule has 0 bridgehead atoms.